The van der Waals surface area contributed by atoms with E-state index in [0.717, 1.165) is 22.8 Å². The summed E-state index contributed by atoms with van der Waals surface area (Å²) in [6, 6.07) is 7.35. The molecule has 1 aromatic carbocycles. The van der Waals surface area contributed by atoms with Gasteiger partial charge in [0.25, 0.3) is 0 Å². The molecule has 0 radical (unpaired) electrons. The Morgan fingerprint density at radius 2 is 2.06 bits per heavy atom. The van der Waals surface area contributed by atoms with E-state index < -0.39 is 5.97 Å². The summed E-state index contributed by atoms with van der Waals surface area (Å²) in [7, 11) is 0. The zero-order chi connectivity index (χ0) is 13.1. The number of aryl methyl sites for hydroxylation is 2. The average molecular weight is 265 g/mol. The first kappa shape index (κ1) is 12.6. The number of benzene rings is 1. The molecule has 94 valence electrons. The average Bonchev–Trinajstić information content (AvgIpc) is 2.69. The second-order valence-corrected chi connectivity index (χ2v) is 4.49. The van der Waals surface area contributed by atoms with Crippen LogP contribution in [-0.2, 0) is 11.2 Å². The maximum atomic E-state index is 10.5. The number of hydrogen-bond donors (Lipinski definition) is 2. The molecular formula is C13H13ClN2O2. The maximum Gasteiger partial charge on any atom is 0.303 e. The van der Waals surface area contributed by atoms with Gasteiger partial charge >= 0.3 is 5.97 Å². The quantitative estimate of drug-likeness (QED) is 0.892. The van der Waals surface area contributed by atoms with Crippen LogP contribution in [0.3, 0.4) is 0 Å². The minimum atomic E-state index is -0.814. The van der Waals surface area contributed by atoms with Crippen molar-refractivity contribution in [1.82, 2.24) is 9.97 Å². The van der Waals surface area contributed by atoms with Gasteiger partial charge in [-0.1, -0.05) is 11.6 Å². The molecule has 0 fully saturated rings. The van der Waals surface area contributed by atoms with Gasteiger partial charge in [0.1, 0.15) is 5.82 Å². The van der Waals surface area contributed by atoms with Gasteiger partial charge in [-0.2, -0.15) is 0 Å². The van der Waals surface area contributed by atoms with Crippen LogP contribution in [0.4, 0.5) is 0 Å². The van der Waals surface area contributed by atoms with Gasteiger partial charge in [-0.25, -0.2) is 4.98 Å². The van der Waals surface area contributed by atoms with Crippen molar-refractivity contribution in [3.05, 3.63) is 40.7 Å². The van der Waals surface area contributed by atoms with Crippen LogP contribution >= 0.6 is 11.6 Å². The summed E-state index contributed by atoms with van der Waals surface area (Å²) in [6.45, 7) is 1.89. The molecule has 0 unspecified atom stereocenters. The molecule has 0 saturated carbocycles. The molecule has 0 aliphatic carbocycles. The number of carbonyl (C=O) groups is 1. The van der Waals surface area contributed by atoms with Crippen LogP contribution in [0, 0.1) is 6.92 Å². The molecule has 5 heteroatoms. The molecule has 0 amide bonds. The van der Waals surface area contributed by atoms with Gasteiger partial charge in [-0.3, -0.25) is 4.79 Å². The summed E-state index contributed by atoms with van der Waals surface area (Å²) in [5, 5.41) is 9.34. The Kier molecular flexibility index (Phi) is 3.67. The number of hydrogen-bond acceptors (Lipinski definition) is 2. The zero-order valence-corrected chi connectivity index (χ0v) is 10.7. The number of nitrogens with zero attached hydrogens (tertiary/aromatic N) is 1. The van der Waals surface area contributed by atoms with Crippen molar-refractivity contribution in [3.8, 4) is 11.4 Å². The molecule has 2 N–H and O–H groups in total. The minimum Gasteiger partial charge on any atom is -0.481 e. The highest BCUT2D eigenvalue weighted by molar-refractivity contribution is 6.30. The number of halogens is 1. The van der Waals surface area contributed by atoms with Crippen LogP contribution < -0.4 is 0 Å². The Morgan fingerprint density at radius 1 is 1.39 bits per heavy atom. The molecule has 0 atom stereocenters. The predicted molar refractivity (Wildman–Crippen MR) is 69.7 cm³/mol. The number of H-pyrrole nitrogens is 1. The predicted octanol–water partition coefficient (Wildman–Crippen LogP) is 3.06. The first-order valence-corrected chi connectivity index (χ1v) is 5.97. The summed E-state index contributed by atoms with van der Waals surface area (Å²) in [5.41, 5.74) is 2.63. The molecule has 18 heavy (non-hydrogen) atoms. The smallest absolute Gasteiger partial charge is 0.303 e. The highest BCUT2D eigenvalue weighted by Crippen LogP contribution is 2.20. The highest BCUT2D eigenvalue weighted by Gasteiger charge is 2.09. The minimum absolute atomic E-state index is 0.0890. The van der Waals surface area contributed by atoms with Crippen molar-refractivity contribution in [2.75, 3.05) is 0 Å². The van der Waals surface area contributed by atoms with Crippen molar-refractivity contribution in [2.24, 2.45) is 0 Å². The van der Waals surface area contributed by atoms with Gasteiger partial charge in [-0.05, 0) is 31.2 Å². The van der Waals surface area contributed by atoms with Crippen LogP contribution in [0.1, 0.15) is 17.8 Å². The lowest BCUT2D eigenvalue weighted by atomic mass is 10.2. The van der Waals surface area contributed by atoms with Gasteiger partial charge in [-0.15, -0.1) is 0 Å². The molecule has 4 nitrogen and oxygen atoms in total. The Labute approximate surface area is 110 Å². The molecule has 1 heterocycles. The first-order valence-electron chi connectivity index (χ1n) is 5.59. The third kappa shape index (κ3) is 2.90. The SMILES string of the molecule is Cc1[nH]c(-c2ccc(Cl)cc2)nc1CCC(=O)O. The van der Waals surface area contributed by atoms with Crippen molar-refractivity contribution in [1.29, 1.82) is 0 Å². The molecule has 0 aliphatic rings. The fourth-order valence-electron chi connectivity index (χ4n) is 1.71. The zero-order valence-electron chi connectivity index (χ0n) is 9.90. The molecule has 0 saturated heterocycles. The highest BCUT2D eigenvalue weighted by atomic mass is 35.5. The number of carboxylic acid groups (broad SMARTS) is 1. The number of carboxylic acids is 1. The summed E-state index contributed by atoms with van der Waals surface area (Å²) in [5.74, 6) is -0.0741. The van der Waals surface area contributed by atoms with E-state index in [1.54, 1.807) is 12.1 Å². The molecule has 0 aliphatic heterocycles. The van der Waals surface area contributed by atoms with Gasteiger partial charge in [0.05, 0.1) is 12.1 Å². The fraction of sp³-hybridized carbons (Fsp3) is 0.231. The number of aliphatic carboxylic acids is 1. The lowest BCUT2D eigenvalue weighted by Crippen LogP contribution is -1.98. The number of aromatic amines is 1. The van der Waals surface area contributed by atoms with E-state index in [2.05, 4.69) is 9.97 Å². The number of aromatic nitrogens is 2. The number of nitrogens with one attached hydrogen (secondary N) is 1. The molecular weight excluding hydrogens is 252 g/mol. The first-order chi connectivity index (χ1) is 8.56. The van der Waals surface area contributed by atoms with Gasteiger partial charge in [0, 0.05) is 22.7 Å². The van der Waals surface area contributed by atoms with E-state index in [1.165, 1.54) is 0 Å². The Balaban J connectivity index is 2.22. The largest absolute Gasteiger partial charge is 0.481 e. The number of rotatable bonds is 4. The Morgan fingerprint density at radius 3 is 2.67 bits per heavy atom. The normalized spacial score (nSPS) is 10.6. The van der Waals surface area contributed by atoms with Crippen molar-refractivity contribution >= 4 is 17.6 Å². The van der Waals surface area contributed by atoms with Crippen LogP contribution in [0.15, 0.2) is 24.3 Å². The Hall–Kier alpha value is -1.81. The van der Waals surface area contributed by atoms with Crippen LogP contribution in [0.5, 0.6) is 0 Å². The van der Waals surface area contributed by atoms with E-state index in [0.29, 0.717) is 11.4 Å². The van der Waals surface area contributed by atoms with Gasteiger partial charge in [0.2, 0.25) is 0 Å². The third-order valence-corrected chi connectivity index (χ3v) is 2.93. The van der Waals surface area contributed by atoms with Crippen LogP contribution in [0.25, 0.3) is 11.4 Å². The van der Waals surface area contributed by atoms with Crippen LogP contribution in [0.2, 0.25) is 5.02 Å². The lowest BCUT2D eigenvalue weighted by molar-refractivity contribution is -0.136. The van der Waals surface area contributed by atoms with Crippen molar-refractivity contribution in [3.63, 3.8) is 0 Å². The van der Waals surface area contributed by atoms with Gasteiger partial charge < -0.3 is 10.1 Å². The van der Waals surface area contributed by atoms with E-state index in [9.17, 15) is 4.79 Å². The number of imidazole rings is 1. The topological polar surface area (TPSA) is 66.0 Å². The molecule has 2 rings (SSSR count). The summed E-state index contributed by atoms with van der Waals surface area (Å²) in [4.78, 5) is 18.1. The van der Waals surface area contributed by atoms with Crippen molar-refractivity contribution < 1.29 is 9.90 Å². The fourth-order valence-corrected chi connectivity index (χ4v) is 1.84. The summed E-state index contributed by atoms with van der Waals surface area (Å²) >= 11 is 5.82. The summed E-state index contributed by atoms with van der Waals surface area (Å²) in [6.07, 6.45) is 0.525. The second-order valence-electron chi connectivity index (χ2n) is 4.06. The third-order valence-electron chi connectivity index (χ3n) is 2.68. The summed E-state index contributed by atoms with van der Waals surface area (Å²) < 4.78 is 0. The van der Waals surface area contributed by atoms with E-state index in [-0.39, 0.29) is 6.42 Å². The maximum absolute atomic E-state index is 10.5. The van der Waals surface area contributed by atoms with E-state index in [4.69, 9.17) is 16.7 Å². The van der Waals surface area contributed by atoms with Gasteiger partial charge in [0.15, 0.2) is 0 Å². The molecule has 1 aromatic heterocycles. The second kappa shape index (κ2) is 5.23. The Bertz CT molecular complexity index is 561. The molecule has 0 spiro atoms. The van der Waals surface area contributed by atoms with E-state index in [1.807, 2.05) is 19.1 Å². The standard InChI is InChI=1S/C13H13ClN2O2/c1-8-11(6-7-12(17)18)16-13(15-8)9-2-4-10(14)5-3-9/h2-5H,6-7H2,1H3,(H,15,16)(H,17,18). The lowest BCUT2D eigenvalue weighted by Gasteiger charge is -1.96. The molecule has 0 bridgehead atoms. The monoisotopic (exact) mass is 264 g/mol. The van der Waals surface area contributed by atoms with Crippen molar-refractivity contribution in [2.45, 2.75) is 19.8 Å². The van der Waals surface area contributed by atoms with E-state index >= 15 is 0 Å². The van der Waals surface area contributed by atoms with Crippen LogP contribution in [-0.4, -0.2) is 21.0 Å². The molecule has 2 aromatic rings.